The summed E-state index contributed by atoms with van der Waals surface area (Å²) < 4.78 is 5.21. The van der Waals surface area contributed by atoms with E-state index < -0.39 is 5.60 Å². The van der Waals surface area contributed by atoms with E-state index in [0.717, 1.165) is 23.7 Å². The predicted octanol–water partition coefficient (Wildman–Crippen LogP) is 2.21. The van der Waals surface area contributed by atoms with Crippen LogP contribution in [0.2, 0.25) is 0 Å². The summed E-state index contributed by atoms with van der Waals surface area (Å²) in [6.07, 6.45) is 0.605. The van der Waals surface area contributed by atoms with Crippen molar-refractivity contribution in [3.8, 4) is 0 Å². The molecule has 1 aliphatic carbocycles. The summed E-state index contributed by atoms with van der Waals surface area (Å²) >= 11 is 1.65. The zero-order valence-corrected chi connectivity index (χ0v) is 12.6. The van der Waals surface area contributed by atoms with Gasteiger partial charge in [0.15, 0.2) is 0 Å². The van der Waals surface area contributed by atoms with Crippen molar-refractivity contribution in [2.24, 2.45) is 0 Å². The molecule has 0 aromatic carbocycles. The number of alkyl carbamates (subject to hydrolysis) is 1. The van der Waals surface area contributed by atoms with Gasteiger partial charge in [-0.25, -0.2) is 9.78 Å². The molecule has 106 valence electrons. The molecule has 2 atom stereocenters. The molecule has 6 heteroatoms. The maximum absolute atomic E-state index is 11.6. The molecule has 2 unspecified atom stereocenters. The summed E-state index contributed by atoms with van der Waals surface area (Å²) in [6, 6.07) is 0.504. The van der Waals surface area contributed by atoms with E-state index in [0.29, 0.717) is 6.04 Å². The topological polar surface area (TPSA) is 63.2 Å². The molecule has 1 aliphatic rings. The molecule has 2 N–H and O–H groups in total. The monoisotopic (exact) mass is 283 g/mol. The van der Waals surface area contributed by atoms with Crippen molar-refractivity contribution in [3.05, 3.63) is 16.1 Å². The first kappa shape index (κ1) is 14.3. The van der Waals surface area contributed by atoms with Gasteiger partial charge in [0.1, 0.15) is 5.60 Å². The number of aromatic nitrogens is 1. The molecule has 19 heavy (non-hydrogen) atoms. The van der Waals surface area contributed by atoms with Crippen LogP contribution in [0, 0.1) is 6.92 Å². The van der Waals surface area contributed by atoms with Crippen LogP contribution < -0.4 is 10.6 Å². The summed E-state index contributed by atoms with van der Waals surface area (Å²) in [5, 5.41) is 9.38. The van der Waals surface area contributed by atoms with Gasteiger partial charge in [0.2, 0.25) is 0 Å². The summed E-state index contributed by atoms with van der Waals surface area (Å²) in [4.78, 5) is 15.9. The van der Waals surface area contributed by atoms with E-state index in [2.05, 4.69) is 21.0 Å². The van der Waals surface area contributed by atoms with Crippen LogP contribution in [-0.4, -0.2) is 28.8 Å². The molecule has 0 bridgehead atoms. The van der Waals surface area contributed by atoms with Gasteiger partial charge in [-0.05, 0) is 34.1 Å². The summed E-state index contributed by atoms with van der Waals surface area (Å²) in [7, 11) is 0. The van der Waals surface area contributed by atoms with Gasteiger partial charge in [0.25, 0.3) is 0 Å². The van der Waals surface area contributed by atoms with E-state index in [-0.39, 0.29) is 12.1 Å². The molecule has 1 saturated carbocycles. The number of aryl methyl sites for hydroxylation is 1. The first-order valence-electron chi connectivity index (χ1n) is 6.47. The fraction of sp³-hybridized carbons (Fsp3) is 0.692. The van der Waals surface area contributed by atoms with Crippen molar-refractivity contribution in [3.63, 3.8) is 0 Å². The Hall–Kier alpha value is -1.14. The highest BCUT2D eigenvalue weighted by Gasteiger charge is 2.38. The second kappa shape index (κ2) is 5.46. The molecule has 1 amide bonds. The number of ether oxygens (including phenoxy) is 1. The minimum Gasteiger partial charge on any atom is -0.444 e. The predicted molar refractivity (Wildman–Crippen MR) is 75.3 cm³/mol. The van der Waals surface area contributed by atoms with Gasteiger partial charge in [-0.15, -0.1) is 11.3 Å². The lowest BCUT2D eigenvalue weighted by Gasteiger charge is -2.19. The molecule has 0 aliphatic heterocycles. The Morgan fingerprint density at radius 3 is 2.84 bits per heavy atom. The van der Waals surface area contributed by atoms with Gasteiger partial charge >= 0.3 is 6.09 Å². The highest BCUT2D eigenvalue weighted by Crippen LogP contribution is 2.22. The Bertz CT molecular complexity index is 453. The Morgan fingerprint density at radius 2 is 2.26 bits per heavy atom. The number of nitrogens with zero attached hydrogens (tertiary/aromatic N) is 1. The number of carbonyl (C=O) groups excluding carboxylic acids is 1. The average molecular weight is 283 g/mol. The maximum Gasteiger partial charge on any atom is 0.407 e. The number of amides is 1. The SMILES string of the molecule is Cc1nc(CNC2CC2NC(=O)OC(C)(C)C)cs1. The fourth-order valence-electron chi connectivity index (χ4n) is 1.76. The second-order valence-corrected chi connectivity index (χ2v) is 6.90. The van der Waals surface area contributed by atoms with Crippen molar-refractivity contribution >= 4 is 17.4 Å². The average Bonchev–Trinajstić information content (AvgIpc) is 2.84. The van der Waals surface area contributed by atoms with Crippen molar-refractivity contribution < 1.29 is 9.53 Å². The molecular formula is C13H21N3O2S. The zero-order valence-electron chi connectivity index (χ0n) is 11.8. The van der Waals surface area contributed by atoms with Crippen molar-refractivity contribution in [1.29, 1.82) is 0 Å². The number of thiazole rings is 1. The number of carbonyl (C=O) groups is 1. The van der Waals surface area contributed by atoms with E-state index in [4.69, 9.17) is 4.74 Å². The van der Waals surface area contributed by atoms with Gasteiger partial charge in [-0.3, -0.25) is 0 Å². The third kappa shape index (κ3) is 4.80. The standard InChI is InChI=1S/C13H21N3O2S/c1-8-15-9(7-19-8)6-14-10-5-11(10)16-12(17)18-13(2,3)4/h7,10-11,14H,5-6H2,1-4H3,(H,16,17). The first-order valence-corrected chi connectivity index (χ1v) is 7.35. The van der Waals surface area contributed by atoms with Crippen LogP contribution in [0.4, 0.5) is 4.79 Å². The fourth-order valence-corrected chi connectivity index (χ4v) is 2.38. The third-order valence-electron chi connectivity index (χ3n) is 2.70. The van der Waals surface area contributed by atoms with E-state index in [1.165, 1.54) is 0 Å². The highest BCUT2D eigenvalue weighted by atomic mass is 32.1. The number of hydrogen-bond donors (Lipinski definition) is 2. The molecular weight excluding hydrogens is 262 g/mol. The quantitative estimate of drug-likeness (QED) is 0.889. The van der Waals surface area contributed by atoms with Gasteiger partial charge < -0.3 is 15.4 Å². The lowest BCUT2D eigenvalue weighted by molar-refractivity contribution is 0.0522. The van der Waals surface area contributed by atoms with Crippen molar-refractivity contribution in [2.45, 2.75) is 58.3 Å². The van der Waals surface area contributed by atoms with Gasteiger partial charge in [0.05, 0.1) is 10.7 Å². The van der Waals surface area contributed by atoms with E-state index in [1.54, 1.807) is 11.3 Å². The molecule has 2 rings (SSSR count). The van der Waals surface area contributed by atoms with Crippen LogP contribution in [0.1, 0.15) is 37.9 Å². The second-order valence-electron chi connectivity index (χ2n) is 5.83. The zero-order chi connectivity index (χ0) is 14.0. The smallest absolute Gasteiger partial charge is 0.407 e. The molecule has 0 saturated heterocycles. The lowest BCUT2D eigenvalue weighted by atomic mass is 10.2. The van der Waals surface area contributed by atoms with Gasteiger partial charge in [-0.2, -0.15) is 0 Å². The van der Waals surface area contributed by atoms with E-state index in [1.807, 2.05) is 27.7 Å². The normalized spacial score (nSPS) is 22.1. The molecule has 5 nitrogen and oxygen atoms in total. The van der Waals surface area contributed by atoms with Gasteiger partial charge in [-0.1, -0.05) is 0 Å². The van der Waals surface area contributed by atoms with E-state index >= 15 is 0 Å². The van der Waals surface area contributed by atoms with Crippen LogP contribution in [0.3, 0.4) is 0 Å². The van der Waals surface area contributed by atoms with Gasteiger partial charge in [0, 0.05) is 24.0 Å². The summed E-state index contributed by atoms with van der Waals surface area (Å²) in [6.45, 7) is 8.33. The Labute approximate surface area is 117 Å². The van der Waals surface area contributed by atoms with Crippen LogP contribution in [0.25, 0.3) is 0 Å². The summed E-state index contributed by atoms with van der Waals surface area (Å²) in [5.41, 5.74) is 0.616. The van der Waals surface area contributed by atoms with Crippen LogP contribution >= 0.6 is 11.3 Å². The van der Waals surface area contributed by atoms with Crippen LogP contribution in [0.15, 0.2) is 5.38 Å². The molecule has 0 radical (unpaired) electrons. The largest absolute Gasteiger partial charge is 0.444 e. The van der Waals surface area contributed by atoms with Crippen molar-refractivity contribution in [2.75, 3.05) is 0 Å². The minimum absolute atomic E-state index is 0.176. The first-order chi connectivity index (χ1) is 8.83. The maximum atomic E-state index is 11.6. The lowest BCUT2D eigenvalue weighted by Crippen LogP contribution is -2.36. The van der Waals surface area contributed by atoms with E-state index in [9.17, 15) is 4.79 Å². The number of rotatable bonds is 4. The number of nitrogens with one attached hydrogen (secondary N) is 2. The van der Waals surface area contributed by atoms with Crippen LogP contribution in [-0.2, 0) is 11.3 Å². The Kier molecular flexibility index (Phi) is 4.10. The molecule has 1 heterocycles. The molecule has 1 fully saturated rings. The molecule has 1 aromatic rings. The Balaban J connectivity index is 1.66. The summed E-state index contributed by atoms with van der Waals surface area (Å²) in [5.74, 6) is 0. The third-order valence-corrected chi connectivity index (χ3v) is 3.53. The van der Waals surface area contributed by atoms with Crippen molar-refractivity contribution in [1.82, 2.24) is 15.6 Å². The minimum atomic E-state index is -0.444. The number of hydrogen-bond acceptors (Lipinski definition) is 5. The Morgan fingerprint density at radius 1 is 1.53 bits per heavy atom. The van der Waals surface area contributed by atoms with Crippen LogP contribution in [0.5, 0.6) is 0 Å². The molecule has 1 aromatic heterocycles. The molecule has 0 spiro atoms. The highest BCUT2D eigenvalue weighted by molar-refractivity contribution is 7.09.